The van der Waals surface area contributed by atoms with E-state index in [4.69, 9.17) is 5.73 Å². The van der Waals surface area contributed by atoms with Gasteiger partial charge in [-0.1, -0.05) is 15.9 Å². The number of rotatable bonds is 4. The van der Waals surface area contributed by atoms with Crippen LogP contribution in [-0.2, 0) is 10.0 Å². The zero-order valence-electron chi connectivity index (χ0n) is 11.6. The number of nitrogen functional groups attached to an aromatic ring is 1. The summed E-state index contributed by atoms with van der Waals surface area (Å²) in [5.74, 6) is 0. The first-order valence-electron chi connectivity index (χ1n) is 6.19. The van der Waals surface area contributed by atoms with E-state index >= 15 is 0 Å². The van der Waals surface area contributed by atoms with E-state index in [-0.39, 0.29) is 4.90 Å². The molecule has 21 heavy (non-hydrogen) atoms. The van der Waals surface area contributed by atoms with Gasteiger partial charge in [-0.2, -0.15) is 0 Å². The van der Waals surface area contributed by atoms with Crippen LogP contribution in [0.1, 0.15) is 5.56 Å². The molecular weight excluding hydrogens is 354 g/mol. The highest BCUT2D eigenvalue weighted by molar-refractivity contribution is 9.10. The Bertz CT molecular complexity index is 756. The van der Waals surface area contributed by atoms with Crippen LogP contribution in [0.2, 0.25) is 0 Å². The average molecular weight is 370 g/mol. The van der Waals surface area contributed by atoms with Gasteiger partial charge in [-0.15, -0.1) is 0 Å². The summed E-state index contributed by atoms with van der Waals surface area (Å²) in [7, 11) is -2.13. The van der Waals surface area contributed by atoms with Crippen molar-refractivity contribution in [3.05, 3.63) is 46.4 Å². The van der Waals surface area contributed by atoms with Crippen LogP contribution in [0, 0.1) is 6.92 Å². The fourth-order valence-electron chi connectivity index (χ4n) is 1.89. The summed E-state index contributed by atoms with van der Waals surface area (Å²) in [5, 5.41) is 3.14. The van der Waals surface area contributed by atoms with E-state index in [0.717, 1.165) is 15.7 Å². The summed E-state index contributed by atoms with van der Waals surface area (Å²) in [6, 6.07) is 10.4. The molecule has 0 aliphatic carbocycles. The van der Waals surface area contributed by atoms with Crippen molar-refractivity contribution < 1.29 is 8.42 Å². The first kappa shape index (κ1) is 15.8. The number of nitrogens with two attached hydrogens (primary N) is 1. The normalized spacial score (nSPS) is 11.4. The van der Waals surface area contributed by atoms with Gasteiger partial charge in [-0.3, -0.25) is 0 Å². The van der Waals surface area contributed by atoms with E-state index in [1.54, 1.807) is 6.07 Å². The third kappa shape index (κ3) is 3.75. The minimum atomic E-state index is -3.50. The van der Waals surface area contributed by atoms with Gasteiger partial charge in [0.1, 0.15) is 0 Å². The van der Waals surface area contributed by atoms with Crippen molar-refractivity contribution >= 4 is 43.0 Å². The molecule has 0 amide bonds. The molecule has 0 unspecified atom stereocenters. The maximum Gasteiger partial charge on any atom is 0.240 e. The van der Waals surface area contributed by atoms with Crippen molar-refractivity contribution in [1.82, 2.24) is 4.72 Å². The highest BCUT2D eigenvalue weighted by Crippen LogP contribution is 2.28. The standard InChI is InChI=1S/C14H16BrN3O2S/c1-9-5-10(15)7-11(6-9)18-14-8-12(3-4-13(14)16)21(19,20)17-2/h3-8,17-18H,16H2,1-2H3. The molecule has 0 atom stereocenters. The van der Waals surface area contributed by atoms with Gasteiger partial charge in [0.25, 0.3) is 0 Å². The Labute approximate surface area is 132 Å². The number of sulfonamides is 1. The van der Waals surface area contributed by atoms with Crippen molar-refractivity contribution in [3.63, 3.8) is 0 Å². The van der Waals surface area contributed by atoms with Crippen LogP contribution in [0.15, 0.2) is 45.8 Å². The van der Waals surface area contributed by atoms with E-state index < -0.39 is 10.0 Å². The lowest BCUT2D eigenvalue weighted by molar-refractivity contribution is 0.588. The van der Waals surface area contributed by atoms with E-state index in [1.807, 2.05) is 25.1 Å². The second kappa shape index (κ2) is 6.05. The summed E-state index contributed by atoms with van der Waals surface area (Å²) < 4.78 is 26.9. The summed E-state index contributed by atoms with van der Waals surface area (Å²) in [5.41, 5.74) is 8.83. The van der Waals surface area contributed by atoms with Gasteiger partial charge in [0, 0.05) is 10.2 Å². The lowest BCUT2D eigenvalue weighted by Crippen LogP contribution is -2.18. The number of hydrogen-bond acceptors (Lipinski definition) is 4. The van der Waals surface area contributed by atoms with Gasteiger partial charge in [0.05, 0.1) is 16.3 Å². The van der Waals surface area contributed by atoms with Gasteiger partial charge in [0.2, 0.25) is 10.0 Å². The van der Waals surface area contributed by atoms with Crippen LogP contribution >= 0.6 is 15.9 Å². The molecule has 0 aliphatic rings. The van der Waals surface area contributed by atoms with Crippen LogP contribution < -0.4 is 15.8 Å². The molecule has 2 aromatic carbocycles. The molecule has 7 heteroatoms. The topological polar surface area (TPSA) is 84.2 Å². The lowest BCUT2D eigenvalue weighted by atomic mass is 10.2. The average Bonchev–Trinajstić information content (AvgIpc) is 2.40. The molecule has 0 saturated carbocycles. The van der Waals surface area contributed by atoms with Crippen LogP contribution in [0.4, 0.5) is 17.1 Å². The summed E-state index contributed by atoms with van der Waals surface area (Å²) in [6.45, 7) is 1.97. The fourth-order valence-corrected chi connectivity index (χ4v) is 3.26. The summed E-state index contributed by atoms with van der Waals surface area (Å²) in [6.07, 6.45) is 0. The van der Waals surface area contributed by atoms with Crippen LogP contribution in [-0.4, -0.2) is 15.5 Å². The molecule has 0 heterocycles. The number of hydrogen-bond donors (Lipinski definition) is 3. The van der Waals surface area contributed by atoms with E-state index in [9.17, 15) is 8.42 Å². The van der Waals surface area contributed by atoms with Gasteiger partial charge in [-0.05, 0) is 55.9 Å². The minimum Gasteiger partial charge on any atom is -0.397 e. The minimum absolute atomic E-state index is 0.161. The quantitative estimate of drug-likeness (QED) is 0.723. The second-order valence-corrected chi connectivity index (χ2v) is 7.40. The number of aryl methyl sites for hydroxylation is 1. The molecule has 0 spiro atoms. The zero-order chi connectivity index (χ0) is 15.6. The highest BCUT2D eigenvalue weighted by Gasteiger charge is 2.13. The van der Waals surface area contributed by atoms with E-state index in [2.05, 4.69) is 26.0 Å². The Morgan fingerprint density at radius 2 is 1.86 bits per heavy atom. The molecule has 0 fully saturated rings. The second-order valence-electron chi connectivity index (χ2n) is 4.60. The molecule has 0 bridgehead atoms. The largest absolute Gasteiger partial charge is 0.397 e. The third-order valence-corrected chi connectivity index (χ3v) is 4.79. The van der Waals surface area contributed by atoms with Crippen LogP contribution in [0.3, 0.4) is 0 Å². The number of benzene rings is 2. The van der Waals surface area contributed by atoms with Crippen LogP contribution in [0.5, 0.6) is 0 Å². The Morgan fingerprint density at radius 1 is 1.14 bits per heavy atom. The predicted octanol–water partition coefficient (Wildman–Crippen LogP) is 2.99. The molecule has 0 radical (unpaired) electrons. The van der Waals surface area contributed by atoms with Gasteiger partial charge in [-0.25, -0.2) is 13.1 Å². The van der Waals surface area contributed by atoms with Gasteiger partial charge in [0.15, 0.2) is 0 Å². The van der Waals surface area contributed by atoms with Crippen molar-refractivity contribution in [1.29, 1.82) is 0 Å². The molecule has 5 nitrogen and oxygen atoms in total. The predicted molar refractivity (Wildman–Crippen MR) is 89.3 cm³/mol. The van der Waals surface area contributed by atoms with E-state index in [1.165, 1.54) is 19.2 Å². The molecule has 4 N–H and O–H groups in total. The first-order chi connectivity index (χ1) is 9.81. The maximum absolute atomic E-state index is 11.8. The smallest absolute Gasteiger partial charge is 0.240 e. The molecular formula is C14H16BrN3O2S. The highest BCUT2D eigenvalue weighted by atomic mass is 79.9. The number of anilines is 3. The zero-order valence-corrected chi connectivity index (χ0v) is 14.0. The first-order valence-corrected chi connectivity index (χ1v) is 8.47. The maximum atomic E-state index is 11.8. The molecule has 2 rings (SSSR count). The lowest BCUT2D eigenvalue weighted by Gasteiger charge is -2.12. The Balaban J connectivity index is 2.42. The molecule has 0 aromatic heterocycles. The fraction of sp³-hybridized carbons (Fsp3) is 0.143. The number of nitrogens with one attached hydrogen (secondary N) is 2. The molecule has 2 aromatic rings. The van der Waals surface area contributed by atoms with Crippen molar-refractivity contribution in [2.24, 2.45) is 0 Å². The molecule has 0 aliphatic heterocycles. The van der Waals surface area contributed by atoms with Crippen molar-refractivity contribution in [3.8, 4) is 0 Å². The number of halogens is 1. The summed E-state index contributed by atoms with van der Waals surface area (Å²) >= 11 is 3.43. The Hall–Kier alpha value is -1.57. The van der Waals surface area contributed by atoms with Crippen LogP contribution in [0.25, 0.3) is 0 Å². The molecule has 112 valence electrons. The molecule has 0 saturated heterocycles. The SMILES string of the molecule is CNS(=O)(=O)c1ccc(N)c(Nc2cc(C)cc(Br)c2)c1. The summed E-state index contributed by atoms with van der Waals surface area (Å²) in [4.78, 5) is 0.161. The van der Waals surface area contributed by atoms with Gasteiger partial charge >= 0.3 is 0 Å². The Morgan fingerprint density at radius 3 is 2.48 bits per heavy atom. The monoisotopic (exact) mass is 369 g/mol. The van der Waals surface area contributed by atoms with E-state index in [0.29, 0.717) is 11.4 Å². The van der Waals surface area contributed by atoms with Crippen molar-refractivity contribution in [2.75, 3.05) is 18.1 Å². The van der Waals surface area contributed by atoms with Crippen molar-refractivity contribution in [2.45, 2.75) is 11.8 Å². The third-order valence-electron chi connectivity index (χ3n) is 2.92. The Kier molecular flexibility index (Phi) is 4.55. The van der Waals surface area contributed by atoms with Gasteiger partial charge < -0.3 is 11.1 Å².